The molecule has 0 fully saturated rings. The molecule has 1 N–H and O–H groups in total. The van der Waals surface area contributed by atoms with Gasteiger partial charge in [-0.25, -0.2) is 0 Å². The van der Waals surface area contributed by atoms with E-state index in [-0.39, 0.29) is 18.5 Å². The molecule has 0 saturated heterocycles. The van der Waals surface area contributed by atoms with Crippen molar-refractivity contribution in [3.8, 4) is 0 Å². The summed E-state index contributed by atoms with van der Waals surface area (Å²) in [7, 11) is -3.61. The van der Waals surface area contributed by atoms with Gasteiger partial charge in [0.25, 0.3) is 0 Å². The van der Waals surface area contributed by atoms with E-state index in [4.69, 9.17) is 9.05 Å². The van der Waals surface area contributed by atoms with Crippen LogP contribution in [0.2, 0.25) is 0 Å². The Balaban J connectivity index is 2.52. The molecule has 1 unspecified atom stereocenters. The molecule has 128 valence electrons. The molecule has 0 aromatic heterocycles. The molecule has 2 rings (SSSR count). The van der Waals surface area contributed by atoms with Crippen molar-refractivity contribution in [3.63, 3.8) is 0 Å². The van der Waals surface area contributed by atoms with Crippen molar-refractivity contribution in [3.05, 3.63) is 77.1 Å². The Kier molecular flexibility index (Phi) is 6.95. The Morgan fingerprint density at radius 2 is 1.50 bits per heavy atom. The van der Waals surface area contributed by atoms with Crippen LogP contribution in [0.1, 0.15) is 31.1 Å². The molecule has 0 aliphatic rings. The molecule has 2 aromatic carbocycles. The zero-order valence-electron chi connectivity index (χ0n) is 14.0. The highest BCUT2D eigenvalue weighted by atomic mass is 31.2. The smallest absolute Gasteiger partial charge is 0.360 e. The SMILES string of the molecule is CCOP(=O)(OCC)/C(=C/c1ccccc1)C(O)c1ccccc1. The standard InChI is InChI=1S/C19H23O4P/c1-3-22-24(21,23-4-2)18(15-16-11-7-5-8-12-16)19(20)17-13-9-6-10-14-17/h5-15,19-20H,3-4H2,1-2H3/b18-15+. The van der Waals surface area contributed by atoms with Crippen LogP contribution in [0.3, 0.4) is 0 Å². The molecule has 0 spiro atoms. The Morgan fingerprint density at radius 3 is 2.00 bits per heavy atom. The second-order valence-corrected chi connectivity index (χ2v) is 7.15. The molecule has 2 aromatic rings. The van der Waals surface area contributed by atoms with Crippen LogP contribution >= 0.6 is 7.60 Å². The zero-order chi connectivity index (χ0) is 17.4. The average Bonchev–Trinajstić information content (AvgIpc) is 2.61. The van der Waals surface area contributed by atoms with Gasteiger partial charge >= 0.3 is 7.60 Å². The molecule has 0 bridgehead atoms. The van der Waals surface area contributed by atoms with Crippen LogP contribution in [0.25, 0.3) is 6.08 Å². The maximum atomic E-state index is 13.3. The summed E-state index contributed by atoms with van der Waals surface area (Å²) in [5.41, 5.74) is 1.46. The van der Waals surface area contributed by atoms with Gasteiger partial charge in [0, 0.05) is 0 Å². The number of rotatable bonds is 8. The summed E-state index contributed by atoms with van der Waals surface area (Å²) in [6.07, 6.45) is 0.611. The second kappa shape index (κ2) is 8.95. The first-order valence-electron chi connectivity index (χ1n) is 8.00. The van der Waals surface area contributed by atoms with Crippen molar-refractivity contribution < 1.29 is 18.7 Å². The third-order valence-electron chi connectivity index (χ3n) is 3.42. The molecule has 24 heavy (non-hydrogen) atoms. The van der Waals surface area contributed by atoms with Gasteiger partial charge in [-0.1, -0.05) is 60.7 Å². The van der Waals surface area contributed by atoms with Crippen LogP contribution in [0.4, 0.5) is 0 Å². The lowest BCUT2D eigenvalue weighted by Crippen LogP contribution is -2.07. The molecular weight excluding hydrogens is 323 g/mol. The van der Waals surface area contributed by atoms with Gasteiger partial charge in [-0.15, -0.1) is 0 Å². The minimum Gasteiger partial charge on any atom is -0.383 e. The van der Waals surface area contributed by atoms with E-state index in [0.29, 0.717) is 5.56 Å². The maximum absolute atomic E-state index is 13.3. The van der Waals surface area contributed by atoms with Gasteiger partial charge in [-0.05, 0) is 31.1 Å². The highest BCUT2D eigenvalue weighted by Gasteiger charge is 2.35. The second-order valence-electron chi connectivity index (χ2n) is 5.13. The van der Waals surface area contributed by atoms with Gasteiger partial charge < -0.3 is 14.2 Å². The Morgan fingerprint density at radius 1 is 1.00 bits per heavy atom. The molecule has 0 amide bonds. The van der Waals surface area contributed by atoms with E-state index in [2.05, 4.69) is 0 Å². The van der Waals surface area contributed by atoms with Crippen LogP contribution in [0, 0.1) is 0 Å². The summed E-state index contributed by atoms with van der Waals surface area (Å²) in [6, 6.07) is 18.5. The number of hydrogen-bond donors (Lipinski definition) is 1. The first-order chi connectivity index (χ1) is 11.6. The first kappa shape index (κ1) is 18.6. The summed E-state index contributed by atoms with van der Waals surface area (Å²) >= 11 is 0. The Labute approximate surface area is 143 Å². The normalized spacial score (nSPS) is 13.7. The number of aliphatic hydroxyl groups is 1. The van der Waals surface area contributed by atoms with Crippen molar-refractivity contribution in [1.29, 1.82) is 0 Å². The van der Waals surface area contributed by atoms with Crippen molar-refractivity contribution in [2.75, 3.05) is 13.2 Å². The molecule has 0 heterocycles. The monoisotopic (exact) mass is 346 g/mol. The summed E-state index contributed by atoms with van der Waals surface area (Å²) in [5, 5.41) is 11.1. The lowest BCUT2D eigenvalue weighted by molar-refractivity contribution is 0.193. The molecule has 5 heteroatoms. The van der Waals surface area contributed by atoms with E-state index in [0.717, 1.165) is 5.56 Å². The van der Waals surface area contributed by atoms with Crippen LogP contribution in [0.15, 0.2) is 66.0 Å². The fraction of sp³-hybridized carbons (Fsp3) is 0.263. The quantitative estimate of drug-likeness (QED) is 0.681. The molecule has 0 saturated carbocycles. The highest BCUT2D eigenvalue weighted by molar-refractivity contribution is 7.58. The fourth-order valence-electron chi connectivity index (χ4n) is 2.36. The third-order valence-corrected chi connectivity index (χ3v) is 5.63. The number of benzene rings is 2. The molecular formula is C19H23O4P. The van der Waals surface area contributed by atoms with Gasteiger partial charge in [0.2, 0.25) is 0 Å². The minimum absolute atomic E-state index is 0.227. The maximum Gasteiger partial charge on any atom is 0.360 e. The minimum atomic E-state index is -3.61. The van der Waals surface area contributed by atoms with E-state index in [1.54, 1.807) is 32.1 Å². The fourth-order valence-corrected chi connectivity index (χ4v) is 4.17. The van der Waals surface area contributed by atoms with Crippen LogP contribution < -0.4 is 0 Å². The Bertz CT molecular complexity index is 688. The number of hydrogen-bond acceptors (Lipinski definition) is 4. The Hall–Kier alpha value is -1.71. The molecule has 0 aliphatic carbocycles. The first-order valence-corrected chi connectivity index (χ1v) is 9.54. The van der Waals surface area contributed by atoms with Crippen LogP contribution in [-0.4, -0.2) is 18.3 Å². The highest BCUT2D eigenvalue weighted by Crippen LogP contribution is 2.60. The van der Waals surface area contributed by atoms with Crippen molar-refractivity contribution in [2.24, 2.45) is 0 Å². The van der Waals surface area contributed by atoms with Crippen molar-refractivity contribution in [2.45, 2.75) is 20.0 Å². The van der Waals surface area contributed by atoms with E-state index >= 15 is 0 Å². The topological polar surface area (TPSA) is 55.8 Å². The lowest BCUT2D eigenvalue weighted by Gasteiger charge is -2.24. The molecule has 0 radical (unpaired) electrons. The van der Waals surface area contributed by atoms with E-state index in [1.165, 1.54) is 0 Å². The summed E-state index contributed by atoms with van der Waals surface area (Å²) in [6.45, 7) is 3.96. The van der Waals surface area contributed by atoms with Gasteiger partial charge in [0.05, 0.1) is 18.5 Å². The average molecular weight is 346 g/mol. The van der Waals surface area contributed by atoms with Crippen molar-refractivity contribution in [1.82, 2.24) is 0 Å². The summed E-state index contributed by atoms with van der Waals surface area (Å²) in [5.74, 6) is 0. The largest absolute Gasteiger partial charge is 0.383 e. The van der Waals surface area contributed by atoms with Crippen molar-refractivity contribution >= 4 is 13.7 Å². The summed E-state index contributed by atoms with van der Waals surface area (Å²) < 4.78 is 24.2. The number of aliphatic hydroxyl groups excluding tert-OH is 1. The van der Waals surface area contributed by atoms with E-state index in [9.17, 15) is 9.67 Å². The van der Waals surface area contributed by atoms with Gasteiger partial charge in [0.15, 0.2) is 0 Å². The van der Waals surface area contributed by atoms with Crippen LogP contribution in [0.5, 0.6) is 0 Å². The summed E-state index contributed by atoms with van der Waals surface area (Å²) in [4.78, 5) is 0. The lowest BCUT2D eigenvalue weighted by atomic mass is 10.1. The van der Waals surface area contributed by atoms with E-state index < -0.39 is 13.7 Å². The predicted molar refractivity (Wildman–Crippen MR) is 96.7 cm³/mol. The van der Waals surface area contributed by atoms with Gasteiger partial charge in [-0.3, -0.25) is 4.57 Å². The molecule has 4 nitrogen and oxygen atoms in total. The third kappa shape index (κ3) is 4.65. The zero-order valence-corrected chi connectivity index (χ0v) is 14.9. The van der Waals surface area contributed by atoms with Gasteiger partial charge in [0.1, 0.15) is 6.10 Å². The van der Waals surface area contributed by atoms with Gasteiger partial charge in [-0.2, -0.15) is 0 Å². The molecule has 0 aliphatic heterocycles. The predicted octanol–water partition coefficient (Wildman–Crippen LogP) is 5.03. The van der Waals surface area contributed by atoms with Crippen LogP contribution in [-0.2, 0) is 13.6 Å². The van der Waals surface area contributed by atoms with E-state index in [1.807, 2.05) is 48.5 Å². The molecule has 1 atom stereocenters.